The molecule has 25 heavy (non-hydrogen) atoms. The number of aromatic nitrogens is 2. The van der Waals surface area contributed by atoms with E-state index in [0.29, 0.717) is 28.0 Å². The first-order valence-electron chi connectivity index (χ1n) is 7.71. The highest BCUT2D eigenvalue weighted by atomic mass is 35.5. The van der Waals surface area contributed by atoms with Gasteiger partial charge in [0.2, 0.25) is 0 Å². The second-order valence-corrected chi connectivity index (χ2v) is 6.64. The van der Waals surface area contributed by atoms with Crippen molar-refractivity contribution < 1.29 is 9.21 Å². The van der Waals surface area contributed by atoms with Crippen LogP contribution in [0.15, 0.2) is 34.7 Å². The molecule has 0 saturated heterocycles. The third-order valence-electron chi connectivity index (χ3n) is 3.93. The number of aryl methyl sites for hydroxylation is 2. The van der Waals surface area contributed by atoms with Gasteiger partial charge in [0.05, 0.1) is 23.0 Å². The second kappa shape index (κ2) is 6.94. The lowest BCUT2D eigenvalue weighted by atomic mass is 10.2. The average molecular weight is 378 g/mol. The molecule has 0 aliphatic heterocycles. The fourth-order valence-corrected chi connectivity index (χ4v) is 2.78. The number of halogens is 2. The Labute approximate surface area is 155 Å². The van der Waals surface area contributed by atoms with Crippen molar-refractivity contribution in [3.8, 4) is 0 Å². The summed E-state index contributed by atoms with van der Waals surface area (Å²) in [6.07, 6.45) is 0. The maximum Gasteiger partial charge on any atom is 0.291 e. The van der Waals surface area contributed by atoms with Crippen LogP contribution < -0.4 is 5.32 Å². The Morgan fingerprint density at radius 2 is 1.96 bits per heavy atom. The molecule has 7 heteroatoms. The second-order valence-electron chi connectivity index (χ2n) is 5.82. The largest absolute Gasteiger partial charge is 0.454 e. The molecule has 0 spiro atoms. The van der Waals surface area contributed by atoms with Gasteiger partial charge in [-0.1, -0.05) is 29.3 Å². The Kier molecular flexibility index (Phi) is 4.88. The molecule has 0 atom stereocenters. The monoisotopic (exact) mass is 377 g/mol. The van der Waals surface area contributed by atoms with Gasteiger partial charge in [-0.15, -0.1) is 0 Å². The Morgan fingerprint density at radius 1 is 1.20 bits per heavy atom. The number of carbonyl (C=O) groups excluding carboxylic acids is 1. The quantitative estimate of drug-likeness (QED) is 0.694. The lowest BCUT2D eigenvalue weighted by molar-refractivity contribution is 0.0994. The number of anilines is 1. The maximum absolute atomic E-state index is 12.4. The summed E-state index contributed by atoms with van der Waals surface area (Å²) in [4.78, 5) is 12.4. The van der Waals surface area contributed by atoms with Crippen molar-refractivity contribution in [1.29, 1.82) is 0 Å². The van der Waals surface area contributed by atoms with E-state index < -0.39 is 0 Å². The summed E-state index contributed by atoms with van der Waals surface area (Å²) in [5.74, 6) is 0.514. The van der Waals surface area contributed by atoms with Gasteiger partial charge >= 0.3 is 0 Å². The van der Waals surface area contributed by atoms with Gasteiger partial charge in [-0.2, -0.15) is 5.10 Å². The molecular weight excluding hydrogens is 361 g/mol. The first-order valence-corrected chi connectivity index (χ1v) is 8.46. The van der Waals surface area contributed by atoms with Crippen molar-refractivity contribution in [3.63, 3.8) is 0 Å². The van der Waals surface area contributed by atoms with Gasteiger partial charge in [0.1, 0.15) is 5.76 Å². The predicted molar refractivity (Wildman–Crippen MR) is 98.7 cm³/mol. The Hall–Kier alpha value is -2.24. The summed E-state index contributed by atoms with van der Waals surface area (Å²) in [5.41, 5.74) is 3.19. The average Bonchev–Trinajstić information content (AvgIpc) is 3.13. The smallest absolute Gasteiger partial charge is 0.291 e. The lowest BCUT2D eigenvalue weighted by Crippen LogP contribution is -2.12. The molecule has 0 fully saturated rings. The van der Waals surface area contributed by atoms with Crippen molar-refractivity contribution in [1.82, 2.24) is 9.78 Å². The van der Waals surface area contributed by atoms with Crippen LogP contribution in [0.3, 0.4) is 0 Å². The Bertz CT molecular complexity index is 944. The molecule has 5 nitrogen and oxygen atoms in total. The summed E-state index contributed by atoms with van der Waals surface area (Å²) in [6, 6.07) is 8.72. The van der Waals surface area contributed by atoms with Gasteiger partial charge < -0.3 is 9.73 Å². The van der Waals surface area contributed by atoms with Crippen LogP contribution in [-0.4, -0.2) is 15.7 Å². The molecule has 0 radical (unpaired) electrons. The normalized spacial score (nSPS) is 10.9. The van der Waals surface area contributed by atoms with Crippen LogP contribution in [0, 0.1) is 20.8 Å². The minimum atomic E-state index is -0.331. The molecule has 130 valence electrons. The first kappa shape index (κ1) is 17.6. The van der Waals surface area contributed by atoms with E-state index in [1.54, 1.807) is 28.9 Å². The summed E-state index contributed by atoms with van der Waals surface area (Å²) in [5, 5.41) is 8.36. The van der Waals surface area contributed by atoms with Gasteiger partial charge in [-0.25, -0.2) is 0 Å². The fraction of sp³-hybridized carbons (Fsp3) is 0.222. The molecule has 3 aromatic rings. The van der Waals surface area contributed by atoms with E-state index >= 15 is 0 Å². The first-order chi connectivity index (χ1) is 11.8. The summed E-state index contributed by atoms with van der Waals surface area (Å²) < 4.78 is 7.40. The highest BCUT2D eigenvalue weighted by Gasteiger charge is 2.15. The van der Waals surface area contributed by atoms with Gasteiger partial charge in [0.15, 0.2) is 5.76 Å². The lowest BCUT2D eigenvalue weighted by Gasteiger charge is -2.07. The minimum absolute atomic E-state index is 0.224. The van der Waals surface area contributed by atoms with Crippen LogP contribution in [-0.2, 0) is 6.54 Å². The molecule has 0 aliphatic rings. The zero-order valence-corrected chi connectivity index (χ0v) is 15.6. The topological polar surface area (TPSA) is 60.1 Å². The van der Waals surface area contributed by atoms with Crippen molar-refractivity contribution in [2.75, 3.05) is 5.32 Å². The minimum Gasteiger partial charge on any atom is -0.454 e. The predicted octanol–water partition coefficient (Wildman–Crippen LogP) is 5.01. The molecule has 0 aliphatic carbocycles. The number of amides is 1. The number of nitrogens with one attached hydrogen (secondary N) is 1. The molecule has 2 heterocycles. The highest BCUT2D eigenvalue weighted by Crippen LogP contribution is 2.22. The zero-order chi connectivity index (χ0) is 18.1. The van der Waals surface area contributed by atoms with E-state index in [2.05, 4.69) is 10.4 Å². The molecule has 2 aromatic heterocycles. The molecule has 0 bridgehead atoms. The molecule has 3 rings (SSSR count). The highest BCUT2D eigenvalue weighted by molar-refractivity contribution is 6.31. The van der Waals surface area contributed by atoms with E-state index in [0.717, 1.165) is 17.0 Å². The fourth-order valence-electron chi connectivity index (χ4n) is 2.47. The number of carbonyl (C=O) groups is 1. The molecule has 1 amide bonds. The standard InChI is InChI=1S/C18H17Cl2N3O2/c1-10-4-5-13(19)8-15(10)21-18(24)16-7-6-14(25-16)9-23-12(3)17(20)11(2)22-23/h4-8H,9H2,1-3H3,(H,21,24). The number of hydrogen-bond donors (Lipinski definition) is 1. The van der Waals surface area contributed by atoms with E-state index in [9.17, 15) is 4.79 Å². The zero-order valence-electron chi connectivity index (χ0n) is 14.1. The third kappa shape index (κ3) is 3.72. The summed E-state index contributed by atoms with van der Waals surface area (Å²) in [7, 11) is 0. The number of furan rings is 1. The van der Waals surface area contributed by atoms with E-state index in [4.69, 9.17) is 27.6 Å². The van der Waals surface area contributed by atoms with Gasteiger partial charge in [-0.3, -0.25) is 9.48 Å². The SMILES string of the molecule is Cc1ccc(Cl)cc1NC(=O)c1ccc(Cn2nc(C)c(Cl)c2C)o1. The Balaban J connectivity index is 1.75. The molecule has 0 unspecified atom stereocenters. The number of nitrogens with zero attached hydrogens (tertiary/aromatic N) is 2. The molecular formula is C18H17Cl2N3O2. The number of hydrogen-bond acceptors (Lipinski definition) is 3. The molecule has 0 saturated carbocycles. The molecule has 1 N–H and O–H groups in total. The van der Waals surface area contributed by atoms with Crippen molar-refractivity contribution in [2.45, 2.75) is 27.3 Å². The van der Waals surface area contributed by atoms with Gasteiger partial charge in [-0.05, 0) is 50.6 Å². The van der Waals surface area contributed by atoms with Crippen molar-refractivity contribution in [2.24, 2.45) is 0 Å². The third-order valence-corrected chi connectivity index (χ3v) is 4.71. The van der Waals surface area contributed by atoms with Crippen LogP contribution >= 0.6 is 23.2 Å². The summed E-state index contributed by atoms with van der Waals surface area (Å²) >= 11 is 12.1. The maximum atomic E-state index is 12.4. The van der Waals surface area contributed by atoms with Crippen LogP contribution in [0.5, 0.6) is 0 Å². The van der Waals surface area contributed by atoms with Gasteiger partial charge in [0.25, 0.3) is 5.91 Å². The van der Waals surface area contributed by atoms with Crippen LogP contribution in [0.4, 0.5) is 5.69 Å². The number of benzene rings is 1. The van der Waals surface area contributed by atoms with Gasteiger partial charge in [0, 0.05) is 10.7 Å². The van der Waals surface area contributed by atoms with Crippen molar-refractivity contribution in [3.05, 3.63) is 68.8 Å². The van der Waals surface area contributed by atoms with Crippen LogP contribution in [0.25, 0.3) is 0 Å². The van der Waals surface area contributed by atoms with E-state index in [1.165, 1.54) is 0 Å². The molecule has 1 aromatic carbocycles. The van der Waals surface area contributed by atoms with Crippen LogP contribution in [0.2, 0.25) is 10.0 Å². The van der Waals surface area contributed by atoms with E-state index in [1.807, 2.05) is 26.8 Å². The van der Waals surface area contributed by atoms with Crippen molar-refractivity contribution >= 4 is 34.8 Å². The van der Waals surface area contributed by atoms with Crippen LogP contribution in [0.1, 0.15) is 33.3 Å². The summed E-state index contributed by atoms with van der Waals surface area (Å²) in [6.45, 7) is 6.04. The number of rotatable bonds is 4. The van der Waals surface area contributed by atoms with E-state index in [-0.39, 0.29) is 11.7 Å². The Morgan fingerprint density at radius 3 is 2.64 bits per heavy atom.